The van der Waals surface area contributed by atoms with Gasteiger partial charge in [-0.1, -0.05) is 38.6 Å². The van der Waals surface area contributed by atoms with Crippen LogP contribution in [-0.2, 0) is 36.8 Å². The zero-order valence-electron chi connectivity index (χ0n) is 33.7. The second-order valence-corrected chi connectivity index (χ2v) is 16.3. The van der Waals surface area contributed by atoms with Gasteiger partial charge in [-0.3, -0.25) is 24.5 Å². The van der Waals surface area contributed by atoms with E-state index < -0.39 is 35.2 Å². The number of nitrogens with zero attached hydrogens (tertiary/aromatic N) is 4. The van der Waals surface area contributed by atoms with Crippen molar-refractivity contribution in [2.75, 3.05) is 39.9 Å². The number of aromatic nitrogens is 1. The molecule has 0 radical (unpaired) electrons. The van der Waals surface area contributed by atoms with E-state index in [9.17, 15) is 14.4 Å². The number of esters is 1. The smallest absolute Gasteiger partial charge is 0.408 e. The number of hydrogen-bond donors (Lipinski definition) is 2. The summed E-state index contributed by atoms with van der Waals surface area (Å²) in [5, 5.41) is 5.42. The lowest BCUT2D eigenvalue weighted by atomic mass is 9.84. The molecular formula is C42H60N6O6. The number of carbonyl (C=O) groups is 3. The van der Waals surface area contributed by atoms with Gasteiger partial charge in [0.05, 0.1) is 24.1 Å². The van der Waals surface area contributed by atoms with Crippen LogP contribution >= 0.6 is 0 Å². The minimum atomic E-state index is -0.909. The van der Waals surface area contributed by atoms with E-state index in [-0.39, 0.29) is 25.2 Å². The Kier molecular flexibility index (Phi) is 12.9. The number of carbonyl (C=O) groups excluding carboxylic acids is 3. The molecule has 4 heterocycles. The van der Waals surface area contributed by atoms with Crippen molar-refractivity contribution in [3.8, 4) is 0 Å². The Bertz CT molecular complexity index is 1830. The fourth-order valence-corrected chi connectivity index (χ4v) is 7.67. The molecule has 0 spiro atoms. The van der Waals surface area contributed by atoms with Crippen LogP contribution in [0.2, 0.25) is 0 Å². The van der Waals surface area contributed by atoms with Crippen molar-refractivity contribution in [3.63, 3.8) is 0 Å². The molecule has 6 bridgehead atoms. The van der Waals surface area contributed by atoms with Gasteiger partial charge >= 0.3 is 12.1 Å². The summed E-state index contributed by atoms with van der Waals surface area (Å²) in [5.41, 5.74) is 9.09. The number of aryl methyl sites for hydroxylation is 1. The minimum absolute atomic E-state index is 0.167. The van der Waals surface area contributed by atoms with Crippen LogP contribution in [0.1, 0.15) is 91.5 Å². The number of rotatable bonds is 7. The molecular weight excluding hydrogens is 684 g/mol. The summed E-state index contributed by atoms with van der Waals surface area (Å²) in [6.45, 7) is 22.7. The monoisotopic (exact) mass is 744 g/mol. The molecule has 2 aromatic rings. The topological polar surface area (TPSA) is 127 Å². The van der Waals surface area contributed by atoms with Crippen molar-refractivity contribution in [1.82, 2.24) is 25.2 Å². The number of benzene rings is 1. The zero-order chi connectivity index (χ0) is 39.4. The first-order valence-electron chi connectivity index (χ1n) is 19.3. The lowest BCUT2D eigenvalue weighted by Gasteiger charge is -2.37. The van der Waals surface area contributed by atoms with E-state index in [1.807, 2.05) is 19.9 Å². The number of fused-ring (bicyclic) bond motifs is 6. The Morgan fingerprint density at radius 3 is 2.67 bits per heavy atom. The highest BCUT2D eigenvalue weighted by molar-refractivity contribution is 5.95. The molecule has 1 fully saturated rings. The SMILES string of the molecule is C=C/C(=C(\N=CC)[C@H](C)OC)c1c2c3cc(ccc3n1CC)C1=CCCN(C1)CC(NC(=O)OC(C)(C)C)C(=O)N1CCC[C@H](N1)C(=O)OCC(C)(C)C2. The van der Waals surface area contributed by atoms with Crippen molar-refractivity contribution >= 4 is 46.2 Å². The second kappa shape index (κ2) is 17.0. The van der Waals surface area contributed by atoms with Gasteiger partial charge in [-0.2, -0.15) is 0 Å². The molecule has 2 N–H and O–H groups in total. The molecule has 2 amide bonds. The Balaban J connectivity index is 1.67. The third kappa shape index (κ3) is 9.33. The van der Waals surface area contributed by atoms with E-state index in [1.54, 1.807) is 34.1 Å². The predicted molar refractivity (Wildman–Crippen MR) is 214 cm³/mol. The number of hydrazine groups is 1. The lowest BCUT2D eigenvalue weighted by Crippen LogP contribution is -2.62. The van der Waals surface area contributed by atoms with E-state index in [2.05, 4.69) is 71.8 Å². The number of allylic oxidation sites excluding steroid dienone is 2. The predicted octanol–water partition coefficient (Wildman–Crippen LogP) is 6.29. The third-order valence-electron chi connectivity index (χ3n) is 10.3. The van der Waals surface area contributed by atoms with Crippen LogP contribution in [0.4, 0.5) is 4.79 Å². The third-order valence-corrected chi connectivity index (χ3v) is 10.3. The van der Waals surface area contributed by atoms with Crippen LogP contribution in [0.5, 0.6) is 0 Å². The molecule has 294 valence electrons. The lowest BCUT2D eigenvalue weighted by molar-refractivity contribution is -0.155. The quantitative estimate of drug-likeness (QED) is 0.193. The highest BCUT2D eigenvalue weighted by atomic mass is 16.6. The van der Waals surface area contributed by atoms with Crippen molar-refractivity contribution in [3.05, 3.63) is 59.4 Å². The van der Waals surface area contributed by atoms with Gasteiger partial charge in [0, 0.05) is 67.9 Å². The molecule has 12 nitrogen and oxygen atoms in total. The van der Waals surface area contributed by atoms with Gasteiger partial charge in [0.1, 0.15) is 17.7 Å². The van der Waals surface area contributed by atoms with Crippen molar-refractivity contribution in [2.45, 2.75) is 111 Å². The van der Waals surface area contributed by atoms with Crippen LogP contribution in [-0.4, -0.2) is 102 Å². The molecule has 12 heteroatoms. The van der Waals surface area contributed by atoms with Crippen LogP contribution in [0.25, 0.3) is 22.0 Å². The number of aliphatic imine (C=N–C) groups is 1. The summed E-state index contributed by atoms with van der Waals surface area (Å²) in [6, 6.07) is 5.01. The Morgan fingerprint density at radius 1 is 1.24 bits per heavy atom. The zero-order valence-corrected chi connectivity index (χ0v) is 33.7. The number of methoxy groups -OCH3 is 1. The van der Waals surface area contributed by atoms with Gasteiger partial charge in [-0.25, -0.2) is 10.2 Å². The number of cyclic esters (lactones) is 1. The second-order valence-electron chi connectivity index (χ2n) is 16.3. The summed E-state index contributed by atoms with van der Waals surface area (Å²) in [7, 11) is 1.68. The molecule has 0 saturated carbocycles. The molecule has 0 aliphatic carbocycles. The summed E-state index contributed by atoms with van der Waals surface area (Å²) < 4.78 is 19.8. The van der Waals surface area contributed by atoms with Crippen LogP contribution in [0, 0.1) is 5.41 Å². The molecule has 5 rings (SSSR count). The standard InChI is InChI=1S/C42H60N6O6/c1-11-30(36(43-12-2)27(4)52-10)37-32-23-42(8,9)26-53-39(50)33-17-15-21-48(45-33)38(49)34(44-40(51)54-41(5,6)7)25-46-20-14-16-29(24-46)28-18-19-35(31(32)22-28)47(37)13-3/h11-12,16,18-19,22,27,33-34,45H,1,13-15,17,20-21,23-26H2,2-10H3,(H,44,51)/b36-30+,43-12?/t27-,33-,34?/m0/s1. The molecule has 1 aromatic carbocycles. The van der Waals surface area contributed by atoms with E-state index in [0.717, 1.165) is 57.5 Å². The highest BCUT2D eigenvalue weighted by Gasteiger charge is 2.37. The van der Waals surface area contributed by atoms with Gasteiger partial charge in [0.25, 0.3) is 5.91 Å². The molecule has 3 aliphatic heterocycles. The molecule has 4 atom stereocenters. The Labute approximate surface area is 320 Å². The van der Waals surface area contributed by atoms with Gasteiger partial charge in [-0.05, 0) is 96.1 Å². The number of amides is 2. The van der Waals surface area contributed by atoms with Crippen LogP contribution in [0.3, 0.4) is 0 Å². The Morgan fingerprint density at radius 2 is 2.00 bits per heavy atom. The van der Waals surface area contributed by atoms with Crippen LogP contribution < -0.4 is 10.7 Å². The first-order valence-corrected chi connectivity index (χ1v) is 19.3. The van der Waals surface area contributed by atoms with E-state index >= 15 is 0 Å². The molecule has 2 unspecified atom stereocenters. The molecule has 3 aliphatic rings. The average molecular weight is 745 g/mol. The fourth-order valence-electron chi connectivity index (χ4n) is 7.67. The van der Waals surface area contributed by atoms with E-state index in [4.69, 9.17) is 19.2 Å². The van der Waals surface area contributed by atoms with Crippen molar-refractivity contribution in [2.24, 2.45) is 10.4 Å². The summed E-state index contributed by atoms with van der Waals surface area (Å²) in [4.78, 5) is 47.9. The van der Waals surface area contributed by atoms with Crippen LogP contribution in [0.15, 0.2) is 47.6 Å². The van der Waals surface area contributed by atoms with E-state index in [0.29, 0.717) is 38.9 Å². The molecule has 1 aromatic heterocycles. The van der Waals surface area contributed by atoms with Gasteiger partial charge in [-0.15, -0.1) is 0 Å². The number of nitrogens with one attached hydrogen (secondary N) is 2. The van der Waals surface area contributed by atoms with Crippen molar-refractivity contribution in [1.29, 1.82) is 0 Å². The van der Waals surface area contributed by atoms with E-state index in [1.165, 1.54) is 5.01 Å². The average Bonchev–Trinajstić information content (AvgIpc) is 3.43. The maximum absolute atomic E-state index is 14.1. The fraction of sp³-hybridized carbons (Fsp3) is 0.571. The molecule has 1 saturated heterocycles. The number of hydrogen-bond acceptors (Lipinski definition) is 9. The van der Waals surface area contributed by atoms with Gasteiger partial charge in [0.2, 0.25) is 0 Å². The number of ether oxygens (including phenoxy) is 3. The maximum Gasteiger partial charge on any atom is 0.408 e. The first-order chi connectivity index (χ1) is 25.6. The largest absolute Gasteiger partial charge is 0.464 e. The normalized spacial score (nSPS) is 23.6. The maximum atomic E-state index is 14.1. The van der Waals surface area contributed by atoms with Gasteiger partial charge < -0.3 is 24.1 Å². The molecule has 54 heavy (non-hydrogen) atoms. The minimum Gasteiger partial charge on any atom is -0.464 e. The highest BCUT2D eigenvalue weighted by Crippen LogP contribution is 2.40. The summed E-state index contributed by atoms with van der Waals surface area (Å²) in [5.74, 6) is -0.737. The summed E-state index contributed by atoms with van der Waals surface area (Å²) in [6.07, 6.45) is 7.51. The van der Waals surface area contributed by atoms with Crippen molar-refractivity contribution < 1.29 is 28.6 Å². The summed E-state index contributed by atoms with van der Waals surface area (Å²) >= 11 is 0. The Hall–Kier alpha value is -4.26. The first kappa shape index (κ1) is 40.9. The van der Waals surface area contributed by atoms with Gasteiger partial charge in [0.15, 0.2) is 0 Å². The number of alkyl carbamates (subject to hydrolysis) is 1.